The second kappa shape index (κ2) is 9.69. The molecule has 132 valence electrons. The fourth-order valence-corrected chi connectivity index (χ4v) is 2.86. The molecule has 6 heteroatoms. The zero-order valence-corrected chi connectivity index (χ0v) is 16.4. The van der Waals surface area contributed by atoms with Crippen LogP contribution in [-0.4, -0.2) is 55.7 Å². The summed E-state index contributed by atoms with van der Waals surface area (Å²) < 4.78 is 0. The Morgan fingerprint density at radius 1 is 0.870 bits per heavy atom. The molecule has 0 aromatic rings. The van der Waals surface area contributed by atoms with Crippen molar-refractivity contribution >= 4 is 20.5 Å². The maximum absolute atomic E-state index is 10.0. The normalized spacial score (nSPS) is 22.1. The topological polar surface area (TPSA) is 64.5 Å². The van der Waals surface area contributed by atoms with Gasteiger partial charge in [0.15, 0.2) is 0 Å². The quantitative estimate of drug-likeness (QED) is 0.387. The molecule has 23 heavy (non-hydrogen) atoms. The number of nitrogens with one attached hydrogen (secondary N) is 2. The monoisotopic (exact) mass is 358 g/mol. The molecule has 4 N–H and O–H groups in total. The Morgan fingerprint density at radius 2 is 1.26 bits per heavy atom. The predicted octanol–water partition coefficient (Wildman–Crippen LogP) is 1.14. The number of piperidine rings is 2. The van der Waals surface area contributed by atoms with Crippen molar-refractivity contribution in [3.63, 3.8) is 0 Å². The molecule has 2 heterocycles. The van der Waals surface area contributed by atoms with Crippen LogP contribution in [0.15, 0.2) is 0 Å². The zero-order valence-electron chi connectivity index (χ0n) is 14.5. The first-order valence-corrected chi connectivity index (χ1v) is 11.6. The van der Waals surface area contributed by atoms with E-state index >= 15 is 0 Å². The average molecular weight is 359 g/mol. The van der Waals surface area contributed by atoms with Crippen molar-refractivity contribution < 1.29 is 10.2 Å². The number of hydrogen-bond donors (Lipinski definition) is 4. The molecular formula is C17H31ClN2O2Si. The lowest BCUT2D eigenvalue weighted by molar-refractivity contribution is 0.0676. The van der Waals surface area contributed by atoms with Crippen molar-refractivity contribution in [1.29, 1.82) is 0 Å². The van der Waals surface area contributed by atoms with Crippen LogP contribution in [0, 0.1) is 23.8 Å². The van der Waals surface area contributed by atoms with Gasteiger partial charge in [-0.15, -0.1) is 24.4 Å². The van der Waals surface area contributed by atoms with Gasteiger partial charge < -0.3 is 20.8 Å². The lowest BCUT2D eigenvalue weighted by Crippen LogP contribution is -2.41. The van der Waals surface area contributed by atoms with Crippen LogP contribution in [0.3, 0.4) is 0 Å². The van der Waals surface area contributed by atoms with E-state index in [9.17, 15) is 10.2 Å². The Hall–Kier alpha value is -0.533. The van der Waals surface area contributed by atoms with Gasteiger partial charge in [-0.05, 0) is 51.9 Å². The maximum atomic E-state index is 10.0. The van der Waals surface area contributed by atoms with Gasteiger partial charge in [-0.2, -0.15) is 0 Å². The van der Waals surface area contributed by atoms with Crippen LogP contribution in [0.4, 0.5) is 0 Å². The fraction of sp³-hybridized carbons (Fsp3) is 0.765. The summed E-state index contributed by atoms with van der Waals surface area (Å²) in [6.45, 7) is 10.0. The smallest absolute Gasteiger partial charge is 0.129 e. The molecule has 0 atom stereocenters. The highest BCUT2D eigenvalue weighted by atomic mass is 35.5. The molecule has 2 saturated heterocycles. The third-order valence-electron chi connectivity index (χ3n) is 3.80. The maximum Gasteiger partial charge on any atom is 0.129 e. The molecule has 2 rings (SSSR count). The largest absolute Gasteiger partial charge is 0.378 e. The minimum atomic E-state index is -1.33. The number of aliphatic hydroxyl groups is 2. The molecule has 2 aliphatic rings. The number of hydrogen-bond acceptors (Lipinski definition) is 4. The van der Waals surface area contributed by atoms with Crippen LogP contribution in [0.5, 0.6) is 0 Å². The van der Waals surface area contributed by atoms with Crippen molar-refractivity contribution in [3.8, 4) is 23.8 Å². The highest BCUT2D eigenvalue weighted by Crippen LogP contribution is 2.17. The first kappa shape index (κ1) is 22.5. The molecule has 0 saturated carbocycles. The highest BCUT2D eigenvalue weighted by Gasteiger charge is 2.27. The second-order valence-corrected chi connectivity index (χ2v) is 12.0. The molecule has 4 nitrogen and oxygen atoms in total. The average Bonchev–Trinajstić information content (AvgIpc) is 2.47. The van der Waals surface area contributed by atoms with Gasteiger partial charge in [0, 0.05) is 0 Å². The minimum Gasteiger partial charge on any atom is -0.378 e. The molecule has 0 spiro atoms. The Bertz CT molecular complexity index is 448. The summed E-state index contributed by atoms with van der Waals surface area (Å²) in [7, 11) is -1.33. The SMILES string of the molecule is C#CC1(O)CCNCC1.C[Si](C)(C)C#CC1(O)CCNCC1.Cl. The lowest BCUT2D eigenvalue weighted by atomic mass is 9.94. The molecule has 0 bridgehead atoms. The van der Waals surface area contributed by atoms with E-state index < -0.39 is 19.3 Å². The van der Waals surface area contributed by atoms with Crippen molar-refractivity contribution in [2.75, 3.05) is 26.2 Å². The molecule has 2 fully saturated rings. The van der Waals surface area contributed by atoms with Gasteiger partial charge in [-0.3, -0.25) is 0 Å². The molecule has 0 unspecified atom stereocenters. The standard InChI is InChI=1S/C10H19NOSi.C7H11NO.ClH/c1-13(2,3)9-6-10(12)4-7-11-8-5-10;1-2-7(9)3-5-8-6-4-7;/h11-12H,4-5,7-8H2,1-3H3;1,8-9H,3-6H2;1H. The van der Waals surface area contributed by atoms with Crippen molar-refractivity contribution in [2.24, 2.45) is 0 Å². The predicted molar refractivity (Wildman–Crippen MR) is 101 cm³/mol. The van der Waals surface area contributed by atoms with Gasteiger partial charge in [0.2, 0.25) is 0 Å². The Kier molecular flexibility index (Phi) is 9.46. The summed E-state index contributed by atoms with van der Waals surface area (Å²) >= 11 is 0. The van der Waals surface area contributed by atoms with Gasteiger partial charge in [0.05, 0.1) is 0 Å². The summed E-state index contributed by atoms with van der Waals surface area (Å²) in [4.78, 5) is 0. The van der Waals surface area contributed by atoms with Crippen LogP contribution in [0.1, 0.15) is 25.7 Å². The molecule has 0 amide bonds. The van der Waals surface area contributed by atoms with Crippen molar-refractivity contribution in [3.05, 3.63) is 0 Å². The number of halogens is 1. The Morgan fingerprint density at radius 3 is 1.57 bits per heavy atom. The van der Waals surface area contributed by atoms with Gasteiger partial charge in [-0.25, -0.2) is 0 Å². The molecule has 0 aliphatic carbocycles. The molecule has 0 aromatic heterocycles. The van der Waals surface area contributed by atoms with Gasteiger partial charge in [0.25, 0.3) is 0 Å². The molecule has 0 aromatic carbocycles. The highest BCUT2D eigenvalue weighted by molar-refractivity contribution is 6.83. The third kappa shape index (κ3) is 9.37. The van der Waals surface area contributed by atoms with E-state index in [4.69, 9.17) is 6.42 Å². The van der Waals surface area contributed by atoms with Gasteiger partial charge >= 0.3 is 0 Å². The van der Waals surface area contributed by atoms with Crippen LogP contribution in [0.2, 0.25) is 19.6 Å². The van der Waals surface area contributed by atoms with Gasteiger partial charge in [-0.1, -0.05) is 31.5 Å². The van der Waals surface area contributed by atoms with Crippen molar-refractivity contribution in [1.82, 2.24) is 10.6 Å². The summed E-state index contributed by atoms with van der Waals surface area (Å²) in [6.07, 6.45) is 8.01. The summed E-state index contributed by atoms with van der Waals surface area (Å²) in [5.41, 5.74) is 1.73. The van der Waals surface area contributed by atoms with E-state index in [0.29, 0.717) is 12.8 Å². The van der Waals surface area contributed by atoms with E-state index in [1.54, 1.807) is 0 Å². The van der Waals surface area contributed by atoms with Crippen LogP contribution in [0.25, 0.3) is 0 Å². The molecular weight excluding hydrogens is 328 g/mol. The van der Waals surface area contributed by atoms with E-state index in [-0.39, 0.29) is 12.4 Å². The minimum absolute atomic E-state index is 0. The van der Waals surface area contributed by atoms with Gasteiger partial charge in [0.1, 0.15) is 19.3 Å². The van der Waals surface area contributed by atoms with E-state index in [2.05, 4.69) is 47.7 Å². The van der Waals surface area contributed by atoms with Crippen LogP contribution < -0.4 is 10.6 Å². The summed E-state index contributed by atoms with van der Waals surface area (Å²) in [5.74, 6) is 5.46. The number of rotatable bonds is 0. The Labute approximate surface area is 148 Å². The summed E-state index contributed by atoms with van der Waals surface area (Å²) in [6, 6.07) is 0. The van der Waals surface area contributed by atoms with E-state index in [1.807, 2.05) is 0 Å². The first-order chi connectivity index (χ1) is 10.2. The molecule has 0 radical (unpaired) electrons. The molecule has 2 aliphatic heterocycles. The fourth-order valence-electron chi connectivity index (χ4n) is 2.25. The lowest BCUT2D eigenvalue weighted by Gasteiger charge is -2.27. The van der Waals surface area contributed by atoms with E-state index in [0.717, 1.165) is 39.0 Å². The summed E-state index contributed by atoms with van der Waals surface area (Å²) in [5, 5.41) is 25.8. The first-order valence-electron chi connectivity index (χ1n) is 8.06. The Balaban J connectivity index is 0.000000427. The van der Waals surface area contributed by atoms with E-state index in [1.165, 1.54) is 0 Å². The second-order valence-electron chi connectivity index (χ2n) is 7.21. The number of terminal acetylenes is 1. The third-order valence-corrected chi connectivity index (χ3v) is 4.68. The zero-order chi connectivity index (χ0) is 16.7. The van der Waals surface area contributed by atoms with Crippen molar-refractivity contribution in [2.45, 2.75) is 56.5 Å². The van der Waals surface area contributed by atoms with Crippen LogP contribution in [-0.2, 0) is 0 Å². The van der Waals surface area contributed by atoms with Crippen LogP contribution >= 0.6 is 12.4 Å².